The van der Waals surface area contributed by atoms with Crippen molar-refractivity contribution in [3.05, 3.63) is 194 Å². The van der Waals surface area contributed by atoms with Gasteiger partial charge in [0, 0.05) is 93.2 Å². The van der Waals surface area contributed by atoms with Crippen LogP contribution in [0.5, 0.6) is 17.2 Å². The van der Waals surface area contributed by atoms with Gasteiger partial charge in [0.25, 0.3) is 0 Å². The predicted molar refractivity (Wildman–Crippen MR) is 326 cm³/mol. The number of pyridine rings is 3. The monoisotopic (exact) mass is 1330 g/mol. The van der Waals surface area contributed by atoms with E-state index in [-0.39, 0.29) is 52.1 Å². The first kappa shape index (κ1) is 60.8. The molecular weight excluding hydrogens is 1290 g/mol. The van der Waals surface area contributed by atoms with Crippen molar-refractivity contribution in [2.75, 3.05) is 6.73 Å². The highest BCUT2D eigenvalue weighted by molar-refractivity contribution is 14.1. The third-order valence-electron chi connectivity index (χ3n) is 13.0. The smallest absolute Gasteiger partial charge is 0.308 e. The molecule has 5 aromatic carbocycles. The summed E-state index contributed by atoms with van der Waals surface area (Å²) in [7, 11) is 0. The van der Waals surface area contributed by atoms with Gasteiger partial charge in [0.15, 0.2) is 28.8 Å². The van der Waals surface area contributed by atoms with Crippen molar-refractivity contribution in [3.63, 3.8) is 0 Å². The molecule has 1 saturated carbocycles. The number of benzene rings is 5. The summed E-state index contributed by atoms with van der Waals surface area (Å²) in [5.41, 5.74) is 5.73. The zero-order valence-corrected chi connectivity index (χ0v) is 49.3. The molecule has 12 nitrogen and oxygen atoms in total. The molecule has 8 aromatic rings. The van der Waals surface area contributed by atoms with E-state index >= 15 is 0 Å². The highest BCUT2D eigenvalue weighted by atomic mass is 127. The minimum Gasteiger partial charge on any atom is -0.505 e. The second-order valence-electron chi connectivity index (χ2n) is 18.1. The van der Waals surface area contributed by atoms with Crippen LogP contribution in [0.1, 0.15) is 107 Å². The van der Waals surface area contributed by atoms with Crippen molar-refractivity contribution in [1.82, 2.24) is 19.9 Å². The molecule has 1 N–H and O–H groups in total. The average molecular weight is 1340 g/mol. The van der Waals surface area contributed by atoms with Gasteiger partial charge in [-0.1, -0.05) is 133 Å². The number of carbonyl (C=O) groups is 5. The fourth-order valence-corrected chi connectivity index (χ4v) is 11.5. The van der Waals surface area contributed by atoms with Crippen molar-refractivity contribution >= 4 is 158 Å². The van der Waals surface area contributed by atoms with E-state index < -0.39 is 5.97 Å². The standard InChI is InChI=1S/C17H19ClN2O.C11H7BrO2.C11H7Cl2NO2.C11H7ClO2.C9H5ClINO.CH4/c18-15-9-12-10-20(13-5-2-1-3-6-13)11-21-17(12)16-14(15)7-4-8-19-16;1-6-9(12)11(14)8-5-3-2-4-7(8)10(6)13;1-6(15)16-11-9(13)5-8(12)7-3-2-4-14-10(7)11;1-6-9(12)11(14)8-5-3-2-4-7(8)10(6)13;10-6-4-7(11)9(13)8-5(6)2-1-3-12-8;/h4,7-9,13H,1-3,5-6,10-11H2;2-5H,1H3;2-5H,1H3;2-5H,1H3;1-4,13H;1H4. The molecule has 79 heavy (non-hydrogen) atoms. The van der Waals surface area contributed by atoms with Gasteiger partial charge in [-0.25, -0.2) is 0 Å². The van der Waals surface area contributed by atoms with E-state index in [1.54, 1.807) is 105 Å². The lowest BCUT2D eigenvalue weighted by Crippen LogP contribution is -2.41. The molecule has 19 heteroatoms. The number of ether oxygens (including phenoxy) is 2. The summed E-state index contributed by atoms with van der Waals surface area (Å²) in [6.45, 7) is 6.12. The number of aromatic hydroxyl groups is 1. The second kappa shape index (κ2) is 27.1. The van der Waals surface area contributed by atoms with Gasteiger partial charge in [0.2, 0.25) is 11.6 Å². The highest BCUT2D eigenvalue weighted by Crippen LogP contribution is 2.40. The minimum absolute atomic E-state index is 0. The first-order valence-corrected chi connectivity index (χ1v) is 28.0. The van der Waals surface area contributed by atoms with Crippen LogP contribution in [0.2, 0.25) is 20.1 Å². The number of phenols is 1. The van der Waals surface area contributed by atoms with Gasteiger partial charge in [-0.3, -0.25) is 43.8 Å². The van der Waals surface area contributed by atoms with Crippen LogP contribution in [0.3, 0.4) is 0 Å². The lowest BCUT2D eigenvalue weighted by atomic mass is 9.90. The lowest BCUT2D eigenvalue weighted by molar-refractivity contribution is -0.131. The maximum atomic E-state index is 11.7. The van der Waals surface area contributed by atoms with Gasteiger partial charge in [-0.2, -0.15) is 0 Å². The van der Waals surface area contributed by atoms with Crippen molar-refractivity contribution in [2.45, 2.75) is 72.9 Å². The molecular formula is C60H49BrCl5IN4O8. The summed E-state index contributed by atoms with van der Waals surface area (Å²) >= 11 is 35.3. The number of fused-ring (bicyclic) bond motifs is 7. The molecule has 3 aliphatic carbocycles. The van der Waals surface area contributed by atoms with E-state index in [9.17, 15) is 29.1 Å². The Labute approximate surface area is 503 Å². The maximum absolute atomic E-state index is 11.7. The number of nitrogens with zero attached hydrogens (tertiary/aromatic N) is 4. The Hall–Kier alpha value is -5.82. The van der Waals surface area contributed by atoms with Gasteiger partial charge < -0.3 is 14.6 Å². The van der Waals surface area contributed by atoms with E-state index in [0.29, 0.717) is 80.7 Å². The Balaban J connectivity index is 0.000000144. The van der Waals surface area contributed by atoms with Crippen LogP contribution < -0.4 is 9.47 Å². The number of carbonyl (C=O) groups excluding carboxylic acids is 5. The molecule has 406 valence electrons. The third-order valence-corrected chi connectivity index (χ3v) is 16.5. The molecule has 0 radical (unpaired) electrons. The molecule has 0 spiro atoms. The molecule has 4 aliphatic rings. The quantitative estimate of drug-likeness (QED) is 0.0990. The summed E-state index contributed by atoms with van der Waals surface area (Å²) in [6, 6.07) is 30.6. The molecule has 0 bridgehead atoms. The van der Waals surface area contributed by atoms with E-state index in [4.69, 9.17) is 67.5 Å². The van der Waals surface area contributed by atoms with Gasteiger partial charge in [-0.05, 0) is 120 Å². The lowest BCUT2D eigenvalue weighted by Gasteiger charge is -2.37. The van der Waals surface area contributed by atoms with Crippen molar-refractivity contribution < 1.29 is 38.6 Å². The topological polar surface area (TPSA) is 166 Å². The molecule has 1 aliphatic heterocycles. The van der Waals surface area contributed by atoms with E-state index in [1.807, 2.05) is 40.8 Å². The summed E-state index contributed by atoms with van der Waals surface area (Å²) in [4.78, 5) is 72.8. The van der Waals surface area contributed by atoms with Crippen LogP contribution in [-0.4, -0.2) is 66.8 Å². The van der Waals surface area contributed by atoms with Gasteiger partial charge in [0.05, 0.1) is 33.2 Å². The van der Waals surface area contributed by atoms with E-state index in [0.717, 1.165) is 33.6 Å². The molecule has 0 saturated heterocycles. The molecule has 1 fully saturated rings. The molecule has 0 atom stereocenters. The van der Waals surface area contributed by atoms with Crippen LogP contribution in [-0.2, 0) is 11.3 Å². The first-order valence-electron chi connectivity index (χ1n) is 24.2. The molecule has 12 rings (SSSR count). The molecule has 0 amide bonds. The Morgan fingerprint density at radius 3 is 1.71 bits per heavy atom. The van der Waals surface area contributed by atoms with E-state index in [1.165, 1.54) is 50.7 Å². The number of esters is 1. The number of Topliss-reactive ketones (excluding diaryl/α,β-unsaturated/α-hetero) is 4. The zero-order valence-electron chi connectivity index (χ0n) is 41.8. The second-order valence-corrected chi connectivity index (χ2v) is 22.1. The zero-order chi connectivity index (χ0) is 55.9. The van der Waals surface area contributed by atoms with Crippen LogP contribution in [0.4, 0.5) is 0 Å². The molecule has 4 heterocycles. The summed E-state index contributed by atoms with van der Waals surface area (Å²) < 4.78 is 12.2. The Morgan fingerprint density at radius 1 is 0.646 bits per heavy atom. The van der Waals surface area contributed by atoms with Crippen LogP contribution >= 0.6 is 96.5 Å². The average Bonchev–Trinajstić information content (AvgIpc) is 3.50. The fourth-order valence-electron chi connectivity index (χ4n) is 9.08. The highest BCUT2D eigenvalue weighted by Gasteiger charge is 2.30. The number of hydrogen-bond donors (Lipinski definition) is 1. The summed E-state index contributed by atoms with van der Waals surface area (Å²) in [5.74, 6) is 0.294. The van der Waals surface area contributed by atoms with Crippen LogP contribution in [0.25, 0.3) is 32.7 Å². The number of aromatic nitrogens is 3. The van der Waals surface area contributed by atoms with Crippen LogP contribution in [0, 0.1) is 3.57 Å². The third kappa shape index (κ3) is 13.5. The van der Waals surface area contributed by atoms with Gasteiger partial charge >= 0.3 is 5.97 Å². The van der Waals surface area contributed by atoms with Crippen molar-refractivity contribution in [2.24, 2.45) is 0 Å². The Morgan fingerprint density at radius 2 is 1.13 bits per heavy atom. The van der Waals surface area contributed by atoms with E-state index in [2.05, 4.69) is 41.8 Å². The minimum atomic E-state index is -0.448. The fraction of sp³-hybridized carbons (Fsp3) is 0.200. The number of allylic oxidation sites excluding steroid dienone is 4. The first-order chi connectivity index (χ1) is 37.4. The largest absolute Gasteiger partial charge is 0.505 e. The number of ketones is 4. The van der Waals surface area contributed by atoms with Crippen LogP contribution in [0.15, 0.2) is 142 Å². The number of hydrogen-bond acceptors (Lipinski definition) is 12. The maximum Gasteiger partial charge on any atom is 0.308 e. The summed E-state index contributed by atoms with van der Waals surface area (Å²) in [5, 5.41) is 14.3. The predicted octanol–water partition coefficient (Wildman–Crippen LogP) is 17.0. The number of phenolic OH excluding ortho intramolecular Hbond substituents is 1. The van der Waals surface area contributed by atoms with Gasteiger partial charge in [0.1, 0.15) is 23.3 Å². The summed E-state index contributed by atoms with van der Waals surface area (Å²) in [6.07, 6.45) is 11.7. The van der Waals surface area contributed by atoms with Crippen molar-refractivity contribution in [3.8, 4) is 17.2 Å². The Kier molecular flexibility index (Phi) is 20.9. The normalized spacial score (nSPS) is 14.9. The number of halogens is 7. The molecule has 0 unspecified atom stereocenters. The van der Waals surface area contributed by atoms with Gasteiger partial charge in [-0.15, -0.1) is 0 Å². The number of rotatable bonds is 2. The molecule has 3 aromatic heterocycles. The Bertz CT molecular complexity index is 3620. The van der Waals surface area contributed by atoms with Crippen molar-refractivity contribution in [1.29, 1.82) is 0 Å². The SMILES string of the molecule is C.CC(=O)Oc1c(Cl)cc(Cl)c2cccnc12.CC1=C(Br)C(=O)c2ccccc2C1=O.CC1=C(Cl)C(=O)c2ccccc2C1=O.Clc1cc2c(c3ncccc13)OCN(C1CCCCC1)C2.Oc1c(I)cc(Cl)c2cccnc12.